The molecule has 0 spiro atoms. The maximum Gasteiger partial charge on any atom is 0.387 e. The molecule has 0 aliphatic carbocycles. The first-order valence-corrected chi connectivity index (χ1v) is 11.1. The Kier molecular flexibility index (Phi) is 7.45. The van der Waals surface area contributed by atoms with E-state index in [0.29, 0.717) is 18.7 Å². The molecule has 1 aliphatic heterocycles. The number of benzene rings is 2. The molecule has 2 aromatic rings. The summed E-state index contributed by atoms with van der Waals surface area (Å²) in [5.74, 6) is -0.687. The van der Waals surface area contributed by atoms with Crippen LogP contribution in [-0.4, -0.2) is 45.5 Å². The van der Waals surface area contributed by atoms with Crippen LogP contribution in [0.5, 0.6) is 11.5 Å². The van der Waals surface area contributed by atoms with Crippen molar-refractivity contribution in [1.29, 1.82) is 0 Å². The fourth-order valence-corrected chi connectivity index (χ4v) is 4.76. The quantitative estimate of drug-likeness (QED) is 0.563. The summed E-state index contributed by atoms with van der Waals surface area (Å²) in [6.07, 6.45) is 2.69. The summed E-state index contributed by atoms with van der Waals surface area (Å²) >= 11 is 0. The third kappa shape index (κ3) is 5.71. The zero-order valence-electron chi connectivity index (χ0n) is 16.9. The molecule has 0 aromatic heterocycles. The summed E-state index contributed by atoms with van der Waals surface area (Å²) < 4.78 is 66.2. The molecule has 168 valence electrons. The van der Waals surface area contributed by atoms with E-state index in [-0.39, 0.29) is 28.6 Å². The van der Waals surface area contributed by atoms with Gasteiger partial charge in [0.1, 0.15) is 6.61 Å². The average molecular weight is 455 g/mol. The molecule has 0 atom stereocenters. The summed E-state index contributed by atoms with van der Waals surface area (Å²) in [6, 6.07) is 9.79. The molecule has 2 aromatic carbocycles. The van der Waals surface area contributed by atoms with E-state index in [1.165, 1.54) is 53.9 Å². The Balaban J connectivity index is 1.63. The summed E-state index contributed by atoms with van der Waals surface area (Å²) in [4.78, 5) is 12.4. The van der Waals surface area contributed by atoms with Gasteiger partial charge in [-0.1, -0.05) is 12.5 Å². The van der Waals surface area contributed by atoms with Gasteiger partial charge in [0.25, 0.3) is 0 Å². The number of hydrogen-bond acceptors (Lipinski definition) is 6. The lowest BCUT2D eigenvalue weighted by molar-refractivity contribution is -0.0512. The number of hydrogen-bond donors (Lipinski definition) is 0. The largest absolute Gasteiger partial charge is 0.493 e. The molecule has 0 radical (unpaired) electrons. The van der Waals surface area contributed by atoms with Crippen molar-refractivity contribution in [3.63, 3.8) is 0 Å². The van der Waals surface area contributed by atoms with Crippen molar-refractivity contribution in [2.24, 2.45) is 0 Å². The fourth-order valence-electron chi connectivity index (χ4n) is 3.24. The van der Waals surface area contributed by atoms with Crippen LogP contribution in [0, 0.1) is 0 Å². The minimum Gasteiger partial charge on any atom is -0.493 e. The molecule has 0 saturated carbocycles. The number of alkyl halides is 2. The SMILES string of the molecule is COc1cc(COC(=O)c2ccc(S(=O)(=O)N3CCCCC3)cc2)ccc1OC(F)F. The van der Waals surface area contributed by atoms with E-state index in [4.69, 9.17) is 9.47 Å². The van der Waals surface area contributed by atoms with Gasteiger partial charge in [-0.05, 0) is 54.8 Å². The van der Waals surface area contributed by atoms with E-state index >= 15 is 0 Å². The Labute approximate surface area is 179 Å². The van der Waals surface area contributed by atoms with Crippen molar-refractivity contribution in [3.8, 4) is 11.5 Å². The molecule has 1 saturated heterocycles. The number of ether oxygens (including phenoxy) is 3. The van der Waals surface area contributed by atoms with Crippen LogP contribution in [0.4, 0.5) is 8.78 Å². The minimum absolute atomic E-state index is 0.0844. The topological polar surface area (TPSA) is 82.1 Å². The monoisotopic (exact) mass is 455 g/mol. The summed E-state index contributed by atoms with van der Waals surface area (Å²) in [6.45, 7) is -2.12. The van der Waals surface area contributed by atoms with E-state index in [0.717, 1.165) is 19.3 Å². The normalized spacial score (nSPS) is 15.0. The molecule has 0 N–H and O–H groups in total. The van der Waals surface area contributed by atoms with Gasteiger partial charge in [-0.25, -0.2) is 13.2 Å². The highest BCUT2D eigenvalue weighted by atomic mass is 32.2. The number of methoxy groups -OCH3 is 1. The van der Waals surface area contributed by atoms with Gasteiger partial charge < -0.3 is 14.2 Å². The summed E-state index contributed by atoms with van der Waals surface area (Å²) in [5, 5.41) is 0. The molecule has 1 heterocycles. The van der Waals surface area contributed by atoms with Gasteiger partial charge in [-0.3, -0.25) is 0 Å². The lowest BCUT2D eigenvalue weighted by Crippen LogP contribution is -2.35. The maximum absolute atomic E-state index is 12.7. The van der Waals surface area contributed by atoms with E-state index in [9.17, 15) is 22.0 Å². The van der Waals surface area contributed by atoms with Gasteiger partial charge in [0, 0.05) is 13.1 Å². The van der Waals surface area contributed by atoms with E-state index < -0.39 is 22.6 Å². The number of rotatable bonds is 8. The number of nitrogens with zero attached hydrogens (tertiary/aromatic N) is 1. The number of sulfonamides is 1. The van der Waals surface area contributed by atoms with Crippen LogP contribution in [0.25, 0.3) is 0 Å². The van der Waals surface area contributed by atoms with Gasteiger partial charge in [0.05, 0.1) is 17.6 Å². The van der Waals surface area contributed by atoms with Crippen LogP contribution < -0.4 is 9.47 Å². The molecule has 1 fully saturated rings. The van der Waals surface area contributed by atoms with E-state index in [1.807, 2.05) is 0 Å². The van der Waals surface area contributed by atoms with Crippen LogP contribution >= 0.6 is 0 Å². The molecular weight excluding hydrogens is 432 g/mol. The molecule has 7 nitrogen and oxygen atoms in total. The Morgan fingerprint density at radius 3 is 2.32 bits per heavy atom. The second kappa shape index (κ2) is 10.1. The van der Waals surface area contributed by atoms with Crippen LogP contribution in [0.2, 0.25) is 0 Å². The van der Waals surface area contributed by atoms with Crippen LogP contribution in [0.1, 0.15) is 35.2 Å². The van der Waals surface area contributed by atoms with Crippen molar-refractivity contribution in [2.75, 3.05) is 20.2 Å². The second-order valence-electron chi connectivity index (χ2n) is 6.93. The predicted octanol–water partition coefficient (Wildman–Crippen LogP) is 3.83. The molecule has 0 amide bonds. The molecule has 31 heavy (non-hydrogen) atoms. The predicted molar refractivity (Wildman–Crippen MR) is 108 cm³/mol. The fraction of sp³-hybridized carbons (Fsp3) is 0.381. The Morgan fingerprint density at radius 1 is 1.03 bits per heavy atom. The first-order chi connectivity index (χ1) is 14.8. The van der Waals surface area contributed by atoms with E-state index in [2.05, 4.69) is 4.74 Å². The van der Waals surface area contributed by atoms with Gasteiger partial charge in [-0.15, -0.1) is 0 Å². The van der Waals surface area contributed by atoms with Gasteiger partial charge in [0.15, 0.2) is 11.5 Å². The lowest BCUT2D eigenvalue weighted by atomic mass is 10.2. The number of carbonyl (C=O) groups is 1. The number of carbonyl (C=O) groups excluding carboxylic acids is 1. The van der Waals surface area contributed by atoms with Crippen LogP contribution in [-0.2, 0) is 21.4 Å². The van der Waals surface area contributed by atoms with E-state index in [1.54, 1.807) is 0 Å². The molecule has 0 unspecified atom stereocenters. The number of halogens is 2. The molecule has 0 bridgehead atoms. The summed E-state index contributed by atoms with van der Waals surface area (Å²) in [7, 11) is -2.27. The average Bonchev–Trinajstić information content (AvgIpc) is 2.78. The standard InChI is InChI=1S/C21H23F2NO6S/c1-28-19-13-15(5-10-18(19)30-21(22)23)14-29-20(25)16-6-8-17(9-7-16)31(26,27)24-11-3-2-4-12-24/h5-10,13,21H,2-4,11-12,14H2,1H3. The Morgan fingerprint density at radius 2 is 1.71 bits per heavy atom. The molecule has 3 rings (SSSR count). The minimum atomic E-state index is -3.58. The highest BCUT2D eigenvalue weighted by molar-refractivity contribution is 7.89. The molecule has 1 aliphatic rings. The first-order valence-electron chi connectivity index (χ1n) is 9.70. The highest BCUT2D eigenvalue weighted by Crippen LogP contribution is 2.30. The lowest BCUT2D eigenvalue weighted by Gasteiger charge is -2.25. The Bertz CT molecular complexity index is 1010. The molecular formula is C21H23F2NO6S. The van der Waals surface area contributed by atoms with Crippen LogP contribution in [0.15, 0.2) is 47.4 Å². The van der Waals surface area contributed by atoms with Gasteiger partial charge in [0.2, 0.25) is 10.0 Å². The van der Waals surface area contributed by atoms with Crippen molar-refractivity contribution in [2.45, 2.75) is 37.4 Å². The smallest absolute Gasteiger partial charge is 0.387 e. The maximum atomic E-state index is 12.7. The third-order valence-electron chi connectivity index (χ3n) is 4.86. The highest BCUT2D eigenvalue weighted by Gasteiger charge is 2.26. The first kappa shape index (κ1) is 23.0. The number of esters is 1. The van der Waals surface area contributed by atoms with Crippen molar-refractivity contribution in [3.05, 3.63) is 53.6 Å². The number of piperidine rings is 1. The second-order valence-corrected chi connectivity index (χ2v) is 8.87. The zero-order chi connectivity index (χ0) is 22.4. The Hall–Kier alpha value is -2.72. The van der Waals surface area contributed by atoms with Gasteiger partial charge in [-0.2, -0.15) is 13.1 Å². The summed E-state index contributed by atoms with van der Waals surface area (Å²) in [5.41, 5.74) is 0.707. The third-order valence-corrected chi connectivity index (χ3v) is 6.77. The molecule has 10 heteroatoms. The van der Waals surface area contributed by atoms with Gasteiger partial charge >= 0.3 is 12.6 Å². The van der Waals surface area contributed by atoms with Crippen molar-refractivity contribution >= 4 is 16.0 Å². The zero-order valence-corrected chi connectivity index (χ0v) is 17.7. The van der Waals surface area contributed by atoms with Crippen molar-refractivity contribution < 1.29 is 36.2 Å². The van der Waals surface area contributed by atoms with Crippen LogP contribution in [0.3, 0.4) is 0 Å². The van der Waals surface area contributed by atoms with Crippen molar-refractivity contribution in [1.82, 2.24) is 4.31 Å².